The molecule has 0 aliphatic carbocycles. The molecule has 0 fully saturated rings. The predicted octanol–water partition coefficient (Wildman–Crippen LogP) is 2.10. The van der Waals surface area contributed by atoms with Crippen LogP contribution in [0.5, 0.6) is 0 Å². The van der Waals surface area contributed by atoms with E-state index in [1.807, 2.05) is 38.1 Å². The molecule has 0 radical (unpaired) electrons. The Hall–Kier alpha value is -0.940. The first-order chi connectivity index (χ1) is 7.55. The molecule has 0 atom stereocenters. The van der Waals surface area contributed by atoms with Gasteiger partial charge in [0.2, 0.25) is 0 Å². The van der Waals surface area contributed by atoms with Crippen LogP contribution in [0.4, 0.5) is 0 Å². The van der Waals surface area contributed by atoms with Gasteiger partial charge >= 0.3 is 0 Å². The summed E-state index contributed by atoms with van der Waals surface area (Å²) >= 11 is 0. The van der Waals surface area contributed by atoms with E-state index in [9.17, 15) is 0 Å². The fourth-order valence-electron chi connectivity index (χ4n) is 1.48. The summed E-state index contributed by atoms with van der Waals surface area (Å²) in [4.78, 5) is 4.91. The maximum atomic E-state index is 5.24. The molecule has 1 aromatic carbocycles. The molecule has 0 aliphatic rings. The monoisotopic (exact) mass is 225 g/mol. The standard InChI is InChI=1S/C12H19NO3/c1-12(2,16-13)10-7-5-9(6-8-10)11(14-3)15-4/h5-8,11H,13H2,1-4H3. The first-order valence-corrected chi connectivity index (χ1v) is 5.09. The molecule has 90 valence electrons. The van der Waals surface area contributed by atoms with Crippen LogP contribution >= 0.6 is 0 Å². The van der Waals surface area contributed by atoms with E-state index in [1.54, 1.807) is 14.2 Å². The van der Waals surface area contributed by atoms with E-state index in [0.717, 1.165) is 11.1 Å². The van der Waals surface area contributed by atoms with Crippen molar-refractivity contribution in [2.75, 3.05) is 14.2 Å². The minimum atomic E-state index is -0.492. The summed E-state index contributed by atoms with van der Waals surface area (Å²) in [5.74, 6) is 5.24. The van der Waals surface area contributed by atoms with Gasteiger partial charge in [0, 0.05) is 19.8 Å². The van der Waals surface area contributed by atoms with Crippen LogP contribution in [0.1, 0.15) is 31.3 Å². The average Bonchev–Trinajstić information content (AvgIpc) is 2.31. The molecule has 1 aromatic rings. The van der Waals surface area contributed by atoms with Gasteiger partial charge in [-0.3, -0.25) is 4.84 Å². The van der Waals surface area contributed by atoms with E-state index >= 15 is 0 Å². The number of nitrogens with two attached hydrogens (primary N) is 1. The SMILES string of the molecule is COC(OC)c1ccc(C(C)(C)ON)cc1. The number of rotatable bonds is 5. The molecule has 0 spiro atoms. The van der Waals surface area contributed by atoms with Gasteiger partial charge in [0.25, 0.3) is 0 Å². The smallest absolute Gasteiger partial charge is 0.183 e. The van der Waals surface area contributed by atoms with Crippen molar-refractivity contribution in [3.63, 3.8) is 0 Å². The number of hydrogen-bond acceptors (Lipinski definition) is 4. The summed E-state index contributed by atoms with van der Waals surface area (Å²) in [5, 5.41) is 0. The summed E-state index contributed by atoms with van der Waals surface area (Å²) in [5.41, 5.74) is 1.47. The van der Waals surface area contributed by atoms with E-state index in [-0.39, 0.29) is 6.29 Å². The summed E-state index contributed by atoms with van der Waals surface area (Å²) in [6, 6.07) is 7.78. The number of methoxy groups -OCH3 is 2. The van der Waals surface area contributed by atoms with Crippen molar-refractivity contribution < 1.29 is 14.3 Å². The van der Waals surface area contributed by atoms with Crippen molar-refractivity contribution in [1.29, 1.82) is 0 Å². The Morgan fingerprint density at radius 3 is 1.94 bits per heavy atom. The predicted molar refractivity (Wildman–Crippen MR) is 61.5 cm³/mol. The average molecular weight is 225 g/mol. The number of benzene rings is 1. The fraction of sp³-hybridized carbons (Fsp3) is 0.500. The largest absolute Gasteiger partial charge is 0.352 e. The van der Waals surface area contributed by atoms with Crippen LogP contribution in [0.15, 0.2) is 24.3 Å². The van der Waals surface area contributed by atoms with Gasteiger partial charge in [-0.1, -0.05) is 24.3 Å². The highest BCUT2D eigenvalue weighted by atomic mass is 16.7. The highest BCUT2D eigenvalue weighted by molar-refractivity contribution is 5.27. The lowest BCUT2D eigenvalue weighted by Crippen LogP contribution is -2.25. The normalized spacial score (nSPS) is 12.1. The topological polar surface area (TPSA) is 53.7 Å². The van der Waals surface area contributed by atoms with E-state index in [4.69, 9.17) is 20.2 Å². The first-order valence-electron chi connectivity index (χ1n) is 5.09. The molecule has 0 aromatic heterocycles. The second-order valence-corrected chi connectivity index (χ2v) is 4.05. The van der Waals surface area contributed by atoms with E-state index in [2.05, 4.69) is 0 Å². The summed E-state index contributed by atoms with van der Waals surface area (Å²) < 4.78 is 10.3. The molecule has 0 unspecified atom stereocenters. The first kappa shape index (κ1) is 13.1. The lowest BCUT2D eigenvalue weighted by Gasteiger charge is -2.23. The quantitative estimate of drug-likeness (QED) is 0.616. The Kier molecular flexibility index (Phi) is 4.44. The molecule has 0 aliphatic heterocycles. The van der Waals surface area contributed by atoms with Gasteiger partial charge in [-0.25, -0.2) is 5.90 Å². The third kappa shape index (κ3) is 2.80. The highest BCUT2D eigenvalue weighted by Crippen LogP contribution is 2.25. The van der Waals surface area contributed by atoms with E-state index in [0.29, 0.717) is 0 Å². The van der Waals surface area contributed by atoms with Crippen LogP contribution < -0.4 is 5.90 Å². The van der Waals surface area contributed by atoms with Gasteiger partial charge in [0.05, 0.1) is 0 Å². The van der Waals surface area contributed by atoms with Crippen LogP contribution in [0.2, 0.25) is 0 Å². The van der Waals surface area contributed by atoms with Crippen LogP contribution in [0.3, 0.4) is 0 Å². The maximum Gasteiger partial charge on any atom is 0.183 e. The molecular formula is C12H19NO3. The fourth-order valence-corrected chi connectivity index (χ4v) is 1.48. The molecule has 16 heavy (non-hydrogen) atoms. The summed E-state index contributed by atoms with van der Waals surface area (Å²) in [7, 11) is 3.21. The molecule has 0 bridgehead atoms. The number of ether oxygens (including phenoxy) is 2. The van der Waals surface area contributed by atoms with Crippen molar-refractivity contribution >= 4 is 0 Å². The Morgan fingerprint density at radius 1 is 1.06 bits per heavy atom. The zero-order valence-corrected chi connectivity index (χ0v) is 10.2. The molecule has 0 heterocycles. The van der Waals surface area contributed by atoms with Gasteiger partial charge in [0.1, 0.15) is 5.60 Å². The van der Waals surface area contributed by atoms with Crippen molar-refractivity contribution in [2.24, 2.45) is 5.90 Å². The van der Waals surface area contributed by atoms with Crippen molar-refractivity contribution in [3.05, 3.63) is 35.4 Å². The molecular weight excluding hydrogens is 206 g/mol. The van der Waals surface area contributed by atoms with Crippen molar-refractivity contribution in [2.45, 2.75) is 25.7 Å². The molecule has 2 N–H and O–H groups in total. The van der Waals surface area contributed by atoms with Crippen LogP contribution in [-0.4, -0.2) is 14.2 Å². The molecule has 4 heteroatoms. The van der Waals surface area contributed by atoms with Crippen molar-refractivity contribution in [1.82, 2.24) is 0 Å². The minimum Gasteiger partial charge on any atom is -0.352 e. The molecule has 4 nitrogen and oxygen atoms in total. The van der Waals surface area contributed by atoms with Gasteiger partial charge in [0.15, 0.2) is 6.29 Å². The van der Waals surface area contributed by atoms with Crippen LogP contribution in [0, 0.1) is 0 Å². The lowest BCUT2D eigenvalue weighted by atomic mass is 9.97. The van der Waals surface area contributed by atoms with E-state index < -0.39 is 5.60 Å². The zero-order chi connectivity index (χ0) is 12.2. The zero-order valence-electron chi connectivity index (χ0n) is 10.2. The van der Waals surface area contributed by atoms with Gasteiger partial charge in [-0.15, -0.1) is 0 Å². The summed E-state index contributed by atoms with van der Waals surface area (Å²) in [6.07, 6.45) is -0.337. The lowest BCUT2D eigenvalue weighted by molar-refractivity contribution is -0.106. The second-order valence-electron chi connectivity index (χ2n) is 4.05. The third-order valence-electron chi connectivity index (χ3n) is 2.60. The Balaban J connectivity index is 2.90. The third-order valence-corrected chi connectivity index (χ3v) is 2.60. The maximum absolute atomic E-state index is 5.24. The van der Waals surface area contributed by atoms with Gasteiger partial charge in [-0.2, -0.15) is 0 Å². The summed E-state index contributed by atoms with van der Waals surface area (Å²) in [6.45, 7) is 3.82. The highest BCUT2D eigenvalue weighted by Gasteiger charge is 2.20. The minimum absolute atomic E-state index is 0.337. The second kappa shape index (κ2) is 5.41. The van der Waals surface area contributed by atoms with Gasteiger partial charge in [-0.05, 0) is 19.4 Å². The van der Waals surface area contributed by atoms with Gasteiger partial charge < -0.3 is 9.47 Å². The van der Waals surface area contributed by atoms with Crippen LogP contribution in [-0.2, 0) is 19.9 Å². The molecule has 0 saturated heterocycles. The molecule has 0 amide bonds. The van der Waals surface area contributed by atoms with Crippen LogP contribution in [0.25, 0.3) is 0 Å². The molecule has 1 rings (SSSR count). The Labute approximate surface area is 96.3 Å². The Bertz CT molecular complexity index is 318. The van der Waals surface area contributed by atoms with E-state index in [1.165, 1.54) is 0 Å². The Morgan fingerprint density at radius 2 is 1.56 bits per heavy atom. The molecule has 0 saturated carbocycles. The van der Waals surface area contributed by atoms with Crippen molar-refractivity contribution in [3.8, 4) is 0 Å². The number of hydrogen-bond donors (Lipinski definition) is 1.